The number of ether oxygens (including phenoxy) is 3. The Bertz CT molecular complexity index is 427. The van der Waals surface area contributed by atoms with Crippen LogP contribution in [-0.4, -0.2) is 33.4 Å². The van der Waals surface area contributed by atoms with Crippen LogP contribution in [0.1, 0.15) is 24.3 Å². The molecule has 0 spiro atoms. The maximum absolute atomic E-state index is 5.71. The van der Waals surface area contributed by atoms with Gasteiger partial charge in [0.1, 0.15) is 13.2 Å². The molecule has 0 aromatic heterocycles. The van der Waals surface area contributed by atoms with E-state index >= 15 is 0 Å². The second-order valence-electron chi connectivity index (χ2n) is 4.76. The molecule has 18 heavy (non-hydrogen) atoms. The van der Waals surface area contributed by atoms with Gasteiger partial charge in [-0.15, -0.1) is 0 Å². The van der Waals surface area contributed by atoms with Gasteiger partial charge in [0.25, 0.3) is 0 Å². The lowest BCUT2D eigenvalue weighted by molar-refractivity contribution is 0.164. The number of hydrogen-bond acceptors (Lipinski definition) is 4. The Hall–Kier alpha value is -1.42. The van der Waals surface area contributed by atoms with Gasteiger partial charge in [-0.1, -0.05) is 6.07 Å². The maximum atomic E-state index is 5.71. The summed E-state index contributed by atoms with van der Waals surface area (Å²) in [6, 6.07) is 4.12. The van der Waals surface area contributed by atoms with Crippen LogP contribution < -0.4 is 19.5 Å². The fourth-order valence-electron chi connectivity index (χ4n) is 2.75. The Morgan fingerprint density at radius 2 is 2.17 bits per heavy atom. The summed E-state index contributed by atoms with van der Waals surface area (Å²) in [5.74, 6) is 2.92. The van der Waals surface area contributed by atoms with E-state index in [4.69, 9.17) is 14.2 Å². The van der Waals surface area contributed by atoms with Gasteiger partial charge in [-0.3, -0.25) is 0 Å². The van der Waals surface area contributed by atoms with Crippen molar-refractivity contribution in [2.24, 2.45) is 0 Å². The number of fused-ring (bicyclic) bond motifs is 1. The van der Waals surface area contributed by atoms with Crippen LogP contribution in [0, 0.1) is 0 Å². The summed E-state index contributed by atoms with van der Waals surface area (Å²) >= 11 is 0. The molecule has 1 aromatic carbocycles. The third kappa shape index (κ3) is 2.01. The van der Waals surface area contributed by atoms with E-state index in [1.165, 1.54) is 18.4 Å². The van der Waals surface area contributed by atoms with Crippen LogP contribution in [0.4, 0.5) is 0 Å². The lowest BCUT2D eigenvalue weighted by Gasteiger charge is -2.27. The number of rotatable bonds is 2. The summed E-state index contributed by atoms with van der Waals surface area (Å²) in [5.41, 5.74) is 1.23. The molecule has 98 valence electrons. The van der Waals surface area contributed by atoms with Crippen LogP contribution in [0.3, 0.4) is 0 Å². The molecule has 2 heterocycles. The summed E-state index contributed by atoms with van der Waals surface area (Å²) in [7, 11) is 1.70. The molecule has 0 saturated carbocycles. The van der Waals surface area contributed by atoms with Gasteiger partial charge in [-0.25, -0.2) is 0 Å². The zero-order valence-electron chi connectivity index (χ0n) is 10.7. The third-order valence-corrected chi connectivity index (χ3v) is 3.63. The predicted molar refractivity (Wildman–Crippen MR) is 68.8 cm³/mol. The first-order valence-corrected chi connectivity index (χ1v) is 6.57. The predicted octanol–water partition coefficient (Wildman–Crippen LogP) is 1.93. The monoisotopic (exact) mass is 249 g/mol. The average molecular weight is 249 g/mol. The van der Waals surface area contributed by atoms with Crippen LogP contribution in [0.2, 0.25) is 0 Å². The van der Waals surface area contributed by atoms with Gasteiger partial charge in [0.15, 0.2) is 11.5 Å². The lowest BCUT2D eigenvalue weighted by Crippen LogP contribution is -2.28. The van der Waals surface area contributed by atoms with Crippen molar-refractivity contribution in [3.05, 3.63) is 17.7 Å². The fourth-order valence-corrected chi connectivity index (χ4v) is 2.75. The van der Waals surface area contributed by atoms with Gasteiger partial charge in [0, 0.05) is 18.0 Å². The highest BCUT2D eigenvalue weighted by atomic mass is 16.6. The smallest absolute Gasteiger partial charge is 0.203 e. The SMILES string of the molecule is COc1c(C2CCCNC2)ccc2c1OCCO2. The first-order valence-electron chi connectivity index (χ1n) is 6.57. The summed E-state index contributed by atoms with van der Waals surface area (Å²) in [6.45, 7) is 3.33. The summed E-state index contributed by atoms with van der Waals surface area (Å²) in [6.07, 6.45) is 2.41. The third-order valence-electron chi connectivity index (χ3n) is 3.63. The highest BCUT2D eigenvalue weighted by Crippen LogP contribution is 2.45. The Balaban J connectivity index is 1.98. The number of hydrogen-bond donors (Lipinski definition) is 1. The molecule has 1 atom stereocenters. The zero-order valence-corrected chi connectivity index (χ0v) is 10.7. The molecule has 1 aromatic rings. The molecule has 0 bridgehead atoms. The quantitative estimate of drug-likeness (QED) is 0.869. The van der Waals surface area contributed by atoms with Gasteiger partial charge in [-0.05, 0) is 25.5 Å². The molecule has 3 rings (SSSR count). The van der Waals surface area contributed by atoms with Crippen LogP contribution >= 0.6 is 0 Å². The topological polar surface area (TPSA) is 39.7 Å². The van der Waals surface area contributed by atoms with Crippen molar-refractivity contribution in [2.45, 2.75) is 18.8 Å². The van der Waals surface area contributed by atoms with Crippen LogP contribution in [-0.2, 0) is 0 Å². The van der Waals surface area contributed by atoms with E-state index in [0.717, 1.165) is 30.3 Å². The molecule has 0 aliphatic carbocycles. The fraction of sp³-hybridized carbons (Fsp3) is 0.571. The molecule has 1 unspecified atom stereocenters. The van der Waals surface area contributed by atoms with Crippen LogP contribution in [0.5, 0.6) is 17.2 Å². The van der Waals surface area contributed by atoms with Crippen LogP contribution in [0.25, 0.3) is 0 Å². The molecule has 4 nitrogen and oxygen atoms in total. The highest BCUT2D eigenvalue weighted by Gasteiger charge is 2.25. The molecule has 1 N–H and O–H groups in total. The van der Waals surface area contributed by atoms with Crippen molar-refractivity contribution in [1.29, 1.82) is 0 Å². The Kier molecular flexibility index (Phi) is 3.28. The standard InChI is InChI=1S/C14H19NO3/c1-16-13-11(10-3-2-6-15-9-10)4-5-12-14(13)18-8-7-17-12/h4-5,10,15H,2-3,6-9H2,1H3. The minimum atomic E-state index is 0.504. The van der Waals surface area contributed by atoms with E-state index in [-0.39, 0.29) is 0 Å². The molecule has 2 aliphatic rings. The largest absolute Gasteiger partial charge is 0.492 e. The minimum absolute atomic E-state index is 0.504. The molecule has 2 aliphatic heterocycles. The molecule has 4 heteroatoms. The van der Waals surface area contributed by atoms with E-state index in [9.17, 15) is 0 Å². The number of piperidine rings is 1. The normalized spacial score (nSPS) is 22.6. The van der Waals surface area contributed by atoms with Gasteiger partial charge in [0.2, 0.25) is 5.75 Å². The Morgan fingerprint density at radius 3 is 2.94 bits per heavy atom. The molecular weight excluding hydrogens is 230 g/mol. The van der Waals surface area contributed by atoms with E-state index in [1.807, 2.05) is 6.07 Å². The highest BCUT2D eigenvalue weighted by molar-refractivity contribution is 5.57. The Labute approximate surface area is 107 Å². The van der Waals surface area contributed by atoms with E-state index in [0.29, 0.717) is 19.1 Å². The van der Waals surface area contributed by atoms with Crippen molar-refractivity contribution in [2.75, 3.05) is 33.4 Å². The molecule has 1 saturated heterocycles. The van der Waals surface area contributed by atoms with E-state index < -0.39 is 0 Å². The Morgan fingerprint density at radius 1 is 1.28 bits per heavy atom. The zero-order chi connectivity index (χ0) is 12.4. The van der Waals surface area contributed by atoms with Crippen molar-refractivity contribution in [1.82, 2.24) is 5.32 Å². The molecule has 1 fully saturated rings. The van der Waals surface area contributed by atoms with E-state index in [1.54, 1.807) is 7.11 Å². The van der Waals surface area contributed by atoms with Gasteiger partial charge < -0.3 is 19.5 Å². The van der Waals surface area contributed by atoms with Crippen LogP contribution in [0.15, 0.2) is 12.1 Å². The molecule has 0 radical (unpaired) electrons. The van der Waals surface area contributed by atoms with Gasteiger partial charge >= 0.3 is 0 Å². The van der Waals surface area contributed by atoms with Crippen molar-refractivity contribution in [3.8, 4) is 17.2 Å². The van der Waals surface area contributed by atoms with Crippen molar-refractivity contribution < 1.29 is 14.2 Å². The molecule has 0 amide bonds. The second kappa shape index (κ2) is 5.06. The first kappa shape index (κ1) is 11.7. The van der Waals surface area contributed by atoms with Crippen molar-refractivity contribution >= 4 is 0 Å². The summed E-state index contributed by atoms with van der Waals surface area (Å²) in [4.78, 5) is 0. The number of methoxy groups -OCH3 is 1. The molecular formula is C14H19NO3. The lowest BCUT2D eigenvalue weighted by atomic mass is 9.90. The second-order valence-corrected chi connectivity index (χ2v) is 4.76. The van der Waals surface area contributed by atoms with Gasteiger partial charge in [-0.2, -0.15) is 0 Å². The van der Waals surface area contributed by atoms with E-state index in [2.05, 4.69) is 11.4 Å². The maximum Gasteiger partial charge on any atom is 0.203 e. The average Bonchev–Trinajstić information content (AvgIpc) is 2.47. The first-order chi connectivity index (χ1) is 8.90. The minimum Gasteiger partial charge on any atom is -0.492 e. The number of benzene rings is 1. The van der Waals surface area contributed by atoms with Crippen molar-refractivity contribution in [3.63, 3.8) is 0 Å². The summed E-state index contributed by atoms with van der Waals surface area (Å²) in [5, 5.41) is 3.44. The van der Waals surface area contributed by atoms with Gasteiger partial charge in [0.05, 0.1) is 7.11 Å². The number of nitrogens with one attached hydrogen (secondary N) is 1. The summed E-state index contributed by atoms with van der Waals surface area (Å²) < 4.78 is 16.9.